The topological polar surface area (TPSA) is 42.3 Å². The first-order valence-corrected chi connectivity index (χ1v) is 9.13. The fourth-order valence-corrected chi connectivity index (χ4v) is 3.85. The Balaban J connectivity index is 1.71. The number of nitrogens with zero attached hydrogens (tertiary/aromatic N) is 3. The van der Waals surface area contributed by atoms with Gasteiger partial charge in [0.15, 0.2) is 0 Å². The molecule has 0 unspecified atom stereocenters. The first-order chi connectivity index (χ1) is 12.0. The summed E-state index contributed by atoms with van der Waals surface area (Å²) in [6.45, 7) is 7.23. The van der Waals surface area contributed by atoms with Crippen LogP contribution in [0.5, 0.6) is 5.88 Å². The summed E-state index contributed by atoms with van der Waals surface area (Å²) < 4.78 is 7.42. The molecule has 1 aromatic carbocycles. The Kier molecular flexibility index (Phi) is 5.33. The summed E-state index contributed by atoms with van der Waals surface area (Å²) in [7, 11) is 5.84. The zero-order valence-electron chi connectivity index (χ0n) is 16.0. The summed E-state index contributed by atoms with van der Waals surface area (Å²) in [5.41, 5.74) is 5.12. The minimum atomic E-state index is 0.385. The number of benzene rings is 1. The third kappa shape index (κ3) is 3.52. The second-order valence-corrected chi connectivity index (χ2v) is 7.25. The number of aromatic nitrogens is 2. The standard InChI is InChI=1S/C20H30N4O/c1-14(2)19-17(20(25-5)24(4)22-19)13-21-12-15-10-11-23(3)18-9-7-6-8-16(15)18/h6-9,14-15,21H,10-13H2,1-5H3/t15-/m1/s1. The van der Waals surface area contributed by atoms with Crippen molar-refractivity contribution in [3.8, 4) is 5.88 Å². The van der Waals surface area contributed by atoms with E-state index in [9.17, 15) is 0 Å². The maximum Gasteiger partial charge on any atom is 0.216 e. The molecule has 0 saturated heterocycles. The number of hydrogen-bond donors (Lipinski definition) is 1. The van der Waals surface area contributed by atoms with Gasteiger partial charge < -0.3 is 15.0 Å². The summed E-state index contributed by atoms with van der Waals surface area (Å²) in [5.74, 6) is 1.80. The molecule has 3 rings (SSSR count). The van der Waals surface area contributed by atoms with Crippen LogP contribution in [0.1, 0.15) is 48.9 Å². The Morgan fingerprint density at radius 3 is 2.76 bits per heavy atom. The highest BCUT2D eigenvalue weighted by atomic mass is 16.5. The average molecular weight is 342 g/mol. The SMILES string of the molecule is COc1c(CNC[C@H]2CCN(C)c3ccccc32)c(C(C)C)nn1C. The van der Waals surface area contributed by atoms with Crippen molar-refractivity contribution in [3.63, 3.8) is 0 Å². The molecule has 5 nitrogen and oxygen atoms in total. The van der Waals surface area contributed by atoms with Gasteiger partial charge in [-0.25, -0.2) is 4.68 Å². The number of hydrogen-bond acceptors (Lipinski definition) is 4. The lowest BCUT2D eigenvalue weighted by molar-refractivity contribution is 0.367. The van der Waals surface area contributed by atoms with Crippen molar-refractivity contribution in [1.82, 2.24) is 15.1 Å². The summed E-state index contributed by atoms with van der Waals surface area (Å²) in [4.78, 5) is 2.35. The number of para-hydroxylation sites is 1. The molecule has 0 fully saturated rings. The molecule has 0 radical (unpaired) electrons. The fraction of sp³-hybridized carbons (Fsp3) is 0.550. The van der Waals surface area contributed by atoms with E-state index in [2.05, 4.69) is 60.5 Å². The van der Waals surface area contributed by atoms with Crippen LogP contribution in [0.3, 0.4) is 0 Å². The second-order valence-electron chi connectivity index (χ2n) is 7.25. The van der Waals surface area contributed by atoms with Gasteiger partial charge in [0.1, 0.15) is 0 Å². The Labute approximate surface area is 151 Å². The van der Waals surface area contributed by atoms with E-state index in [-0.39, 0.29) is 0 Å². The Bertz CT molecular complexity index is 722. The van der Waals surface area contributed by atoms with Crippen molar-refractivity contribution in [2.75, 3.05) is 32.1 Å². The first kappa shape index (κ1) is 17.8. The van der Waals surface area contributed by atoms with E-state index >= 15 is 0 Å². The van der Waals surface area contributed by atoms with E-state index < -0.39 is 0 Å². The molecule has 1 aromatic heterocycles. The summed E-state index contributed by atoms with van der Waals surface area (Å²) in [6.07, 6.45) is 1.18. The van der Waals surface area contributed by atoms with Gasteiger partial charge in [-0.1, -0.05) is 32.0 Å². The van der Waals surface area contributed by atoms with Crippen molar-refractivity contribution < 1.29 is 4.74 Å². The van der Waals surface area contributed by atoms with E-state index in [0.717, 1.165) is 31.2 Å². The molecule has 2 aromatic rings. The van der Waals surface area contributed by atoms with E-state index in [1.54, 1.807) is 7.11 Å². The number of ether oxygens (including phenoxy) is 1. The smallest absolute Gasteiger partial charge is 0.216 e. The molecule has 0 aliphatic carbocycles. The average Bonchev–Trinajstić information content (AvgIpc) is 2.93. The van der Waals surface area contributed by atoms with Crippen LogP contribution in [-0.4, -0.2) is 37.0 Å². The largest absolute Gasteiger partial charge is 0.481 e. The molecule has 0 amide bonds. The molecule has 5 heteroatoms. The fourth-order valence-electron chi connectivity index (χ4n) is 3.85. The molecule has 1 aliphatic heterocycles. The van der Waals surface area contributed by atoms with E-state index in [1.807, 2.05) is 11.7 Å². The predicted molar refractivity (Wildman–Crippen MR) is 103 cm³/mol. The van der Waals surface area contributed by atoms with Gasteiger partial charge in [0.25, 0.3) is 0 Å². The van der Waals surface area contributed by atoms with E-state index in [1.165, 1.54) is 23.2 Å². The second kappa shape index (κ2) is 7.48. The molecule has 25 heavy (non-hydrogen) atoms. The van der Waals surface area contributed by atoms with Crippen molar-refractivity contribution in [1.29, 1.82) is 0 Å². The highest BCUT2D eigenvalue weighted by Gasteiger charge is 2.23. The summed E-state index contributed by atoms with van der Waals surface area (Å²) in [5, 5.41) is 8.30. The minimum absolute atomic E-state index is 0.385. The number of nitrogens with one attached hydrogen (secondary N) is 1. The molecule has 0 spiro atoms. The van der Waals surface area contributed by atoms with Crippen LogP contribution in [0.15, 0.2) is 24.3 Å². The molecule has 136 valence electrons. The molecule has 0 saturated carbocycles. The molecular formula is C20H30N4O. The summed E-state index contributed by atoms with van der Waals surface area (Å²) >= 11 is 0. The number of anilines is 1. The Morgan fingerprint density at radius 2 is 2.04 bits per heavy atom. The van der Waals surface area contributed by atoms with Crippen LogP contribution in [-0.2, 0) is 13.6 Å². The molecule has 2 heterocycles. The van der Waals surface area contributed by atoms with Gasteiger partial charge in [-0.2, -0.15) is 5.10 Å². The van der Waals surface area contributed by atoms with Crippen LogP contribution in [0, 0.1) is 0 Å². The Morgan fingerprint density at radius 1 is 1.28 bits per heavy atom. The van der Waals surface area contributed by atoms with Gasteiger partial charge in [0, 0.05) is 45.3 Å². The van der Waals surface area contributed by atoms with Gasteiger partial charge in [0.05, 0.1) is 18.4 Å². The number of aryl methyl sites for hydroxylation is 1. The van der Waals surface area contributed by atoms with Crippen molar-refractivity contribution in [2.45, 2.75) is 38.6 Å². The normalized spacial score (nSPS) is 17.0. The van der Waals surface area contributed by atoms with E-state index in [0.29, 0.717) is 11.8 Å². The number of fused-ring (bicyclic) bond motifs is 1. The quantitative estimate of drug-likeness (QED) is 0.875. The van der Waals surface area contributed by atoms with Gasteiger partial charge in [-0.3, -0.25) is 0 Å². The van der Waals surface area contributed by atoms with Gasteiger partial charge in [-0.05, 0) is 24.0 Å². The van der Waals surface area contributed by atoms with Crippen LogP contribution in [0.25, 0.3) is 0 Å². The predicted octanol–water partition coefficient (Wildman–Crippen LogP) is 3.27. The van der Waals surface area contributed by atoms with Gasteiger partial charge in [0.2, 0.25) is 5.88 Å². The van der Waals surface area contributed by atoms with Crippen LogP contribution < -0.4 is 15.0 Å². The monoisotopic (exact) mass is 342 g/mol. The number of rotatable bonds is 6. The first-order valence-electron chi connectivity index (χ1n) is 9.13. The van der Waals surface area contributed by atoms with Crippen LogP contribution >= 0.6 is 0 Å². The van der Waals surface area contributed by atoms with Crippen LogP contribution in [0.4, 0.5) is 5.69 Å². The van der Waals surface area contributed by atoms with Gasteiger partial charge >= 0.3 is 0 Å². The zero-order valence-corrected chi connectivity index (χ0v) is 16.0. The van der Waals surface area contributed by atoms with Crippen molar-refractivity contribution in [3.05, 3.63) is 41.1 Å². The van der Waals surface area contributed by atoms with Gasteiger partial charge in [-0.15, -0.1) is 0 Å². The Hall–Kier alpha value is -2.01. The van der Waals surface area contributed by atoms with Crippen molar-refractivity contribution >= 4 is 5.69 Å². The third-order valence-corrected chi connectivity index (χ3v) is 5.15. The lowest BCUT2D eigenvalue weighted by Crippen LogP contribution is -2.32. The highest BCUT2D eigenvalue weighted by Crippen LogP contribution is 2.34. The molecule has 1 aliphatic rings. The number of methoxy groups -OCH3 is 1. The van der Waals surface area contributed by atoms with Crippen molar-refractivity contribution in [2.24, 2.45) is 7.05 Å². The maximum absolute atomic E-state index is 5.57. The summed E-state index contributed by atoms with van der Waals surface area (Å²) in [6, 6.07) is 8.76. The van der Waals surface area contributed by atoms with Crippen LogP contribution in [0.2, 0.25) is 0 Å². The molecule has 1 N–H and O–H groups in total. The lowest BCUT2D eigenvalue weighted by atomic mass is 9.90. The highest BCUT2D eigenvalue weighted by molar-refractivity contribution is 5.56. The lowest BCUT2D eigenvalue weighted by Gasteiger charge is -2.33. The molecule has 1 atom stereocenters. The molecular weight excluding hydrogens is 312 g/mol. The zero-order chi connectivity index (χ0) is 18.0. The molecule has 0 bridgehead atoms. The van der Waals surface area contributed by atoms with E-state index in [4.69, 9.17) is 4.74 Å². The third-order valence-electron chi connectivity index (χ3n) is 5.15. The maximum atomic E-state index is 5.57. The minimum Gasteiger partial charge on any atom is -0.481 e.